The number of fused-ring (bicyclic) bond motifs is 1. The number of unbranched alkanes of at least 4 members (excludes halogenated alkanes) is 2. The number of rotatable bonds is 7. The molecular formula is C21H27N3O3. The normalized spacial score (nSPS) is 18.3. The van der Waals surface area contributed by atoms with Gasteiger partial charge in [0.1, 0.15) is 5.57 Å². The van der Waals surface area contributed by atoms with Crippen LogP contribution in [0.15, 0.2) is 23.8 Å². The van der Waals surface area contributed by atoms with Crippen LogP contribution in [0.4, 0.5) is 10.5 Å². The highest BCUT2D eigenvalue weighted by atomic mass is 16.2. The van der Waals surface area contributed by atoms with Gasteiger partial charge in [0.2, 0.25) is 0 Å². The molecule has 1 N–H and O–H groups in total. The summed E-state index contributed by atoms with van der Waals surface area (Å²) in [5, 5.41) is 2.27. The fourth-order valence-electron chi connectivity index (χ4n) is 3.54. The van der Waals surface area contributed by atoms with Crippen molar-refractivity contribution in [1.29, 1.82) is 0 Å². The first-order valence-electron chi connectivity index (χ1n) is 9.82. The topological polar surface area (TPSA) is 69.7 Å². The first-order valence-corrected chi connectivity index (χ1v) is 9.82. The standard InChI is InChI=1S/C21H27N3O3/c1-3-5-10-23-12-9-16-13-15(7-8-18(16)23)14-17-19(25)22-21(27)24(20(17)26)11-6-4-2/h7-8,13-14H,3-6,9-12H2,1-2H3,(H,22,25,27). The predicted octanol–water partition coefficient (Wildman–Crippen LogP) is 3.11. The Kier molecular flexibility index (Phi) is 5.94. The van der Waals surface area contributed by atoms with E-state index < -0.39 is 17.8 Å². The van der Waals surface area contributed by atoms with Crippen molar-refractivity contribution in [2.24, 2.45) is 0 Å². The molecule has 0 unspecified atom stereocenters. The van der Waals surface area contributed by atoms with E-state index in [0.29, 0.717) is 13.0 Å². The lowest BCUT2D eigenvalue weighted by atomic mass is 10.0. The van der Waals surface area contributed by atoms with Crippen LogP contribution in [0.5, 0.6) is 0 Å². The Bertz CT molecular complexity index is 785. The summed E-state index contributed by atoms with van der Waals surface area (Å²) in [7, 11) is 0. The molecule has 144 valence electrons. The van der Waals surface area contributed by atoms with E-state index in [1.807, 2.05) is 19.1 Å². The highest BCUT2D eigenvalue weighted by molar-refractivity contribution is 6.31. The third-order valence-corrected chi connectivity index (χ3v) is 5.11. The molecule has 0 bridgehead atoms. The zero-order valence-corrected chi connectivity index (χ0v) is 16.1. The zero-order chi connectivity index (χ0) is 19.4. The molecule has 2 heterocycles. The van der Waals surface area contributed by atoms with Crippen LogP contribution in [0.2, 0.25) is 0 Å². The van der Waals surface area contributed by atoms with Gasteiger partial charge >= 0.3 is 6.03 Å². The van der Waals surface area contributed by atoms with Crippen molar-refractivity contribution >= 4 is 29.6 Å². The third-order valence-electron chi connectivity index (χ3n) is 5.11. The van der Waals surface area contributed by atoms with E-state index in [-0.39, 0.29) is 5.57 Å². The molecule has 6 heteroatoms. The van der Waals surface area contributed by atoms with Gasteiger partial charge in [-0.15, -0.1) is 0 Å². The van der Waals surface area contributed by atoms with E-state index >= 15 is 0 Å². The van der Waals surface area contributed by atoms with E-state index in [1.165, 1.54) is 24.1 Å². The molecule has 0 spiro atoms. The number of carbonyl (C=O) groups excluding carboxylic acids is 3. The molecule has 2 aliphatic rings. The van der Waals surface area contributed by atoms with E-state index in [0.717, 1.165) is 36.4 Å². The molecule has 4 amide bonds. The van der Waals surface area contributed by atoms with Crippen LogP contribution in [-0.4, -0.2) is 42.4 Å². The number of imide groups is 2. The number of nitrogens with zero attached hydrogens (tertiary/aromatic N) is 2. The van der Waals surface area contributed by atoms with Crippen LogP contribution in [-0.2, 0) is 16.0 Å². The lowest BCUT2D eigenvalue weighted by molar-refractivity contribution is -0.130. The number of hydrogen-bond acceptors (Lipinski definition) is 4. The monoisotopic (exact) mass is 369 g/mol. The molecule has 1 fully saturated rings. The molecule has 0 radical (unpaired) electrons. The SMILES string of the molecule is CCCCN1C(=O)NC(=O)C(=Cc2ccc3c(c2)CCN3CCCC)C1=O. The third kappa shape index (κ3) is 4.04. The quantitative estimate of drug-likeness (QED) is 0.592. The van der Waals surface area contributed by atoms with Crippen LogP contribution in [0.1, 0.15) is 50.7 Å². The van der Waals surface area contributed by atoms with Gasteiger partial charge in [0.25, 0.3) is 11.8 Å². The highest BCUT2D eigenvalue weighted by Crippen LogP contribution is 2.30. The maximum atomic E-state index is 12.6. The van der Waals surface area contributed by atoms with E-state index in [2.05, 4.69) is 23.2 Å². The summed E-state index contributed by atoms with van der Waals surface area (Å²) < 4.78 is 0. The number of barbiturate groups is 1. The number of amides is 4. The Hall–Kier alpha value is -2.63. The predicted molar refractivity (Wildman–Crippen MR) is 105 cm³/mol. The minimum absolute atomic E-state index is 0.0199. The number of anilines is 1. The molecule has 2 aliphatic heterocycles. The van der Waals surface area contributed by atoms with Gasteiger partial charge in [-0.2, -0.15) is 0 Å². The Labute approximate surface area is 160 Å². The Morgan fingerprint density at radius 2 is 1.81 bits per heavy atom. The highest BCUT2D eigenvalue weighted by Gasteiger charge is 2.35. The minimum Gasteiger partial charge on any atom is -0.371 e. The molecule has 1 aromatic carbocycles. The zero-order valence-electron chi connectivity index (χ0n) is 16.1. The average molecular weight is 369 g/mol. The lowest BCUT2D eigenvalue weighted by Crippen LogP contribution is -2.54. The van der Waals surface area contributed by atoms with Gasteiger partial charge in [0.05, 0.1) is 0 Å². The fourth-order valence-corrected chi connectivity index (χ4v) is 3.54. The van der Waals surface area contributed by atoms with Gasteiger partial charge in [-0.05, 0) is 48.6 Å². The van der Waals surface area contributed by atoms with Crippen LogP contribution in [0.3, 0.4) is 0 Å². The van der Waals surface area contributed by atoms with Crippen LogP contribution in [0, 0.1) is 0 Å². The van der Waals surface area contributed by atoms with Crippen molar-refractivity contribution < 1.29 is 14.4 Å². The number of carbonyl (C=O) groups is 3. The van der Waals surface area contributed by atoms with Crippen molar-refractivity contribution in [3.8, 4) is 0 Å². The molecule has 3 rings (SSSR count). The maximum Gasteiger partial charge on any atom is 0.331 e. The van der Waals surface area contributed by atoms with Crippen LogP contribution >= 0.6 is 0 Å². The molecule has 1 aromatic rings. The van der Waals surface area contributed by atoms with Crippen molar-refractivity contribution in [3.05, 3.63) is 34.9 Å². The van der Waals surface area contributed by atoms with Gasteiger partial charge in [-0.1, -0.05) is 32.8 Å². The van der Waals surface area contributed by atoms with Crippen LogP contribution in [0.25, 0.3) is 6.08 Å². The Morgan fingerprint density at radius 3 is 2.56 bits per heavy atom. The summed E-state index contributed by atoms with van der Waals surface area (Å²) in [5.74, 6) is -1.13. The number of urea groups is 1. The largest absolute Gasteiger partial charge is 0.371 e. The van der Waals surface area contributed by atoms with Gasteiger partial charge in [-0.3, -0.25) is 19.8 Å². The Balaban J connectivity index is 1.82. The molecule has 0 saturated carbocycles. The average Bonchev–Trinajstić information content (AvgIpc) is 3.05. The van der Waals surface area contributed by atoms with E-state index in [9.17, 15) is 14.4 Å². The van der Waals surface area contributed by atoms with Crippen molar-refractivity contribution in [2.75, 3.05) is 24.5 Å². The maximum absolute atomic E-state index is 12.6. The lowest BCUT2D eigenvalue weighted by Gasteiger charge is -2.26. The van der Waals surface area contributed by atoms with Crippen molar-refractivity contribution in [1.82, 2.24) is 10.2 Å². The van der Waals surface area contributed by atoms with Gasteiger partial charge < -0.3 is 4.90 Å². The molecule has 1 saturated heterocycles. The summed E-state index contributed by atoms with van der Waals surface area (Å²) in [6, 6.07) is 5.41. The molecule has 0 aromatic heterocycles. The summed E-state index contributed by atoms with van der Waals surface area (Å²) in [6.45, 7) is 6.56. The van der Waals surface area contributed by atoms with Gasteiger partial charge in [0.15, 0.2) is 0 Å². The molecular weight excluding hydrogens is 342 g/mol. The Morgan fingerprint density at radius 1 is 1.07 bits per heavy atom. The van der Waals surface area contributed by atoms with E-state index in [4.69, 9.17) is 0 Å². The van der Waals surface area contributed by atoms with Crippen LogP contribution < -0.4 is 10.2 Å². The number of hydrogen-bond donors (Lipinski definition) is 1. The molecule has 6 nitrogen and oxygen atoms in total. The van der Waals surface area contributed by atoms with Gasteiger partial charge in [0, 0.05) is 25.3 Å². The number of benzene rings is 1. The summed E-state index contributed by atoms with van der Waals surface area (Å²) in [6.07, 6.45) is 6.48. The summed E-state index contributed by atoms with van der Waals surface area (Å²) in [4.78, 5) is 40.3. The number of nitrogens with one attached hydrogen (secondary N) is 1. The summed E-state index contributed by atoms with van der Waals surface area (Å²) in [5.41, 5.74) is 3.31. The second-order valence-electron chi connectivity index (χ2n) is 7.11. The first-order chi connectivity index (χ1) is 13.0. The smallest absolute Gasteiger partial charge is 0.331 e. The second-order valence-corrected chi connectivity index (χ2v) is 7.11. The second kappa shape index (κ2) is 8.37. The molecule has 27 heavy (non-hydrogen) atoms. The molecule has 0 atom stereocenters. The molecule has 0 aliphatic carbocycles. The van der Waals surface area contributed by atoms with E-state index in [1.54, 1.807) is 6.08 Å². The van der Waals surface area contributed by atoms with Crippen molar-refractivity contribution in [3.63, 3.8) is 0 Å². The van der Waals surface area contributed by atoms with Crippen molar-refractivity contribution in [2.45, 2.75) is 46.0 Å². The minimum atomic E-state index is -0.629. The van der Waals surface area contributed by atoms with Gasteiger partial charge in [-0.25, -0.2) is 4.79 Å². The first kappa shape index (κ1) is 19.1. The summed E-state index contributed by atoms with van der Waals surface area (Å²) >= 11 is 0. The fraction of sp³-hybridized carbons (Fsp3) is 0.476.